The molecule has 0 saturated carbocycles. The zero-order valence-electron chi connectivity index (χ0n) is 12.3. The predicted molar refractivity (Wildman–Crippen MR) is 81.0 cm³/mol. The van der Waals surface area contributed by atoms with E-state index < -0.39 is 0 Å². The Bertz CT molecular complexity index is 631. The molecule has 0 aliphatic carbocycles. The minimum Gasteiger partial charge on any atom is -0.395 e. The Morgan fingerprint density at radius 2 is 2.00 bits per heavy atom. The fourth-order valence-electron chi connectivity index (χ4n) is 2.18. The summed E-state index contributed by atoms with van der Waals surface area (Å²) in [5, 5.41) is 6.92. The van der Waals surface area contributed by atoms with Crippen molar-refractivity contribution >= 4 is 17.3 Å². The lowest BCUT2D eigenvalue weighted by molar-refractivity contribution is 0.0989. The molecule has 2 rings (SSSR count). The molecule has 0 unspecified atom stereocenters. The van der Waals surface area contributed by atoms with Gasteiger partial charge >= 0.3 is 0 Å². The number of aryl methyl sites for hydroxylation is 1. The van der Waals surface area contributed by atoms with Crippen LogP contribution in [-0.2, 0) is 0 Å². The van der Waals surface area contributed by atoms with Crippen LogP contribution >= 0.6 is 0 Å². The van der Waals surface area contributed by atoms with Gasteiger partial charge in [0.15, 0.2) is 5.69 Å². The first-order valence-electron chi connectivity index (χ1n) is 6.61. The highest BCUT2D eigenvalue weighted by molar-refractivity contribution is 6.08. The molecule has 3 N–H and O–H groups in total. The van der Waals surface area contributed by atoms with Crippen molar-refractivity contribution < 1.29 is 4.79 Å². The molecule has 5 nitrogen and oxygen atoms in total. The number of hydrogen-bond acceptors (Lipinski definition) is 3. The van der Waals surface area contributed by atoms with Crippen molar-refractivity contribution in [3.05, 3.63) is 41.2 Å². The van der Waals surface area contributed by atoms with E-state index in [0.717, 1.165) is 16.9 Å². The number of amides is 1. The normalized spacial score (nSPS) is 10.8. The van der Waals surface area contributed by atoms with Gasteiger partial charge in [0.05, 0.1) is 11.4 Å². The van der Waals surface area contributed by atoms with Crippen LogP contribution in [-0.4, -0.2) is 23.2 Å². The van der Waals surface area contributed by atoms with E-state index in [4.69, 9.17) is 5.73 Å². The number of hydrogen-bond donors (Lipinski definition) is 2. The summed E-state index contributed by atoms with van der Waals surface area (Å²) in [5.41, 5.74) is 9.41. The molecular formula is C15H20N4O. The van der Waals surface area contributed by atoms with E-state index in [1.54, 1.807) is 11.9 Å². The number of rotatable bonds is 3. The third-order valence-corrected chi connectivity index (χ3v) is 3.39. The molecule has 0 spiro atoms. The van der Waals surface area contributed by atoms with Crippen molar-refractivity contribution in [3.8, 4) is 0 Å². The van der Waals surface area contributed by atoms with Crippen LogP contribution in [0.25, 0.3) is 0 Å². The number of aromatic nitrogens is 2. The number of carbonyl (C=O) groups is 1. The predicted octanol–water partition coefficient (Wildman–Crippen LogP) is 2.70. The molecule has 0 radical (unpaired) electrons. The van der Waals surface area contributed by atoms with Crippen LogP contribution in [0.5, 0.6) is 0 Å². The van der Waals surface area contributed by atoms with Gasteiger partial charge < -0.3 is 10.6 Å². The number of anilines is 2. The topological polar surface area (TPSA) is 75.0 Å². The number of para-hydroxylation sites is 1. The molecule has 1 aromatic carbocycles. The SMILES string of the molecule is Cc1ccccc1N(C)C(=O)c1n[nH]c(C(C)C)c1N. The van der Waals surface area contributed by atoms with Crippen LogP contribution in [0.2, 0.25) is 0 Å². The largest absolute Gasteiger partial charge is 0.395 e. The van der Waals surface area contributed by atoms with Gasteiger partial charge in [-0.2, -0.15) is 5.10 Å². The highest BCUT2D eigenvalue weighted by Crippen LogP contribution is 2.25. The third-order valence-electron chi connectivity index (χ3n) is 3.39. The monoisotopic (exact) mass is 272 g/mol. The summed E-state index contributed by atoms with van der Waals surface area (Å²) in [7, 11) is 1.73. The minimum atomic E-state index is -0.208. The second kappa shape index (κ2) is 5.36. The van der Waals surface area contributed by atoms with E-state index in [1.807, 2.05) is 45.0 Å². The maximum Gasteiger partial charge on any atom is 0.280 e. The maximum absolute atomic E-state index is 12.5. The van der Waals surface area contributed by atoms with E-state index in [9.17, 15) is 4.79 Å². The van der Waals surface area contributed by atoms with Gasteiger partial charge in [-0.15, -0.1) is 0 Å². The van der Waals surface area contributed by atoms with Gasteiger partial charge in [0.1, 0.15) is 0 Å². The van der Waals surface area contributed by atoms with Gasteiger partial charge in [-0.1, -0.05) is 32.0 Å². The molecule has 1 heterocycles. The van der Waals surface area contributed by atoms with Crippen molar-refractivity contribution in [1.82, 2.24) is 10.2 Å². The molecule has 0 aliphatic rings. The zero-order chi connectivity index (χ0) is 14.9. The van der Waals surface area contributed by atoms with Crippen LogP contribution in [0, 0.1) is 6.92 Å². The molecule has 0 saturated heterocycles. The first kappa shape index (κ1) is 14.1. The number of nitrogen functional groups attached to an aromatic ring is 1. The van der Waals surface area contributed by atoms with E-state index >= 15 is 0 Å². The first-order valence-corrected chi connectivity index (χ1v) is 6.61. The van der Waals surface area contributed by atoms with E-state index in [-0.39, 0.29) is 17.5 Å². The fourth-order valence-corrected chi connectivity index (χ4v) is 2.18. The summed E-state index contributed by atoms with van der Waals surface area (Å²) in [5.74, 6) is -0.00670. The van der Waals surface area contributed by atoms with Crippen molar-refractivity contribution in [2.45, 2.75) is 26.7 Å². The molecule has 1 amide bonds. The molecular weight excluding hydrogens is 252 g/mol. The fraction of sp³-hybridized carbons (Fsp3) is 0.333. The number of nitrogens with two attached hydrogens (primary N) is 1. The summed E-state index contributed by atoms with van der Waals surface area (Å²) in [6, 6.07) is 7.71. The summed E-state index contributed by atoms with van der Waals surface area (Å²) in [6.07, 6.45) is 0. The number of nitrogens with one attached hydrogen (secondary N) is 1. The highest BCUT2D eigenvalue weighted by Gasteiger charge is 2.23. The lowest BCUT2D eigenvalue weighted by Gasteiger charge is -2.18. The van der Waals surface area contributed by atoms with Gasteiger partial charge in [0.2, 0.25) is 0 Å². The molecule has 0 bridgehead atoms. The van der Waals surface area contributed by atoms with E-state index in [2.05, 4.69) is 10.2 Å². The van der Waals surface area contributed by atoms with E-state index in [1.165, 1.54) is 0 Å². The number of benzene rings is 1. The van der Waals surface area contributed by atoms with Crippen LogP contribution < -0.4 is 10.6 Å². The zero-order valence-corrected chi connectivity index (χ0v) is 12.3. The van der Waals surface area contributed by atoms with Crippen molar-refractivity contribution in [1.29, 1.82) is 0 Å². The number of aromatic amines is 1. The van der Waals surface area contributed by atoms with Crippen molar-refractivity contribution in [2.24, 2.45) is 0 Å². The maximum atomic E-state index is 12.5. The average Bonchev–Trinajstić information content (AvgIpc) is 2.79. The summed E-state index contributed by atoms with van der Waals surface area (Å²) in [6.45, 7) is 5.97. The Kier molecular flexibility index (Phi) is 3.79. The quantitative estimate of drug-likeness (QED) is 0.902. The summed E-state index contributed by atoms with van der Waals surface area (Å²) < 4.78 is 0. The van der Waals surface area contributed by atoms with Gasteiger partial charge in [-0.3, -0.25) is 9.89 Å². The number of H-pyrrole nitrogens is 1. The standard InChI is InChI=1S/C15H20N4O/c1-9(2)13-12(16)14(18-17-13)15(20)19(4)11-8-6-5-7-10(11)3/h5-9H,16H2,1-4H3,(H,17,18). The van der Waals surface area contributed by atoms with Crippen LogP contribution in [0.15, 0.2) is 24.3 Å². The molecule has 0 atom stereocenters. The lowest BCUT2D eigenvalue weighted by atomic mass is 10.1. The van der Waals surface area contributed by atoms with Gasteiger partial charge in [-0.25, -0.2) is 0 Å². The number of nitrogens with zero attached hydrogens (tertiary/aromatic N) is 2. The van der Waals surface area contributed by atoms with Gasteiger partial charge in [0, 0.05) is 12.7 Å². The Morgan fingerprint density at radius 3 is 2.55 bits per heavy atom. The Labute approximate surface area is 118 Å². The molecule has 2 aromatic rings. The Morgan fingerprint density at radius 1 is 1.35 bits per heavy atom. The molecule has 106 valence electrons. The van der Waals surface area contributed by atoms with Crippen LogP contribution in [0.3, 0.4) is 0 Å². The highest BCUT2D eigenvalue weighted by atomic mass is 16.2. The first-order chi connectivity index (χ1) is 9.43. The smallest absolute Gasteiger partial charge is 0.280 e. The molecule has 20 heavy (non-hydrogen) atoms. The minimum absolute atomic E-state index is 0.202. The third kappa shape index (κ3) is 2.39. The second-order valence-corrected chi connectivity index (χ2v) is 5.20. The van der Waals surface area contributed by atoms with E-state index in [0.29, 0.717) is 5.69 Å². The van der Waals surface area contributed by atoms with Crippen molar-refractivity contribution in [3.63, 3.8) is 0 Å². The van der Waals surface area contributed by atoms with Gasteiger partial charge in [-0.05, 0) is 24.5 Å². The summed E-state index contributed by atoms with van der Waals surface area (Å²) in [4.78, 5) is 14.1. The summed E-state index contributed by atoms with van der Waals surface area (Å²) >= 11 is 0. The Balaban J connectivity index is 2.35. The Hall–Kier alpha value is -2.30. The number of carbonyl (C=O) groups excluding carboxylic acids is 1. The molecule has 5 heteroatoms. The van der Waals surface area contributed by atoms with Crippen LogP contribution in [0.4, 0.5) is 11.4 Å². The molecule has 0 fully saturated rings. The molecule has 0 aliphatic heterocycles. The second-order valence-electron chi connectivity index (χ2n) is 5.20. The van der Waals surface area contributed by atoms with Gasteiger partial charge in [0.25, 0.3) is 5.91 Å². The average molecular weight is 272 g/mol. The van der Waals surface area contributed by atoms with Crippen molar-refractivity contribution in [2.75, 3.05) is 17.7 Å². The molecule has 1 aromatic heterocycles. The lowest BCUT2D eigenvalue weighted by Crippen LogP contribution is -2.28. The van der Waals surface area contributed by atoms with Crippen LogP contribution in [0.1, 0.15) is 41.5 Å².